The monoisotopic (exact) mass is 288 g/mol. The molecule has 2 rings (SSSR count). The maximum absolute atomic E-state index is 13.3. The van der Waals surface area contributed by atoms with Crippen LogP contribution in [0.3, 0.4) is 0 Å². The second-order valence-corrected chi connectivity index (χ2v) is 5.44. The molecule has 112 valence electrons. The summed E-state index contributed by atoms with van der Waals surface area (Å²) in [5.74, 6) is 0.989. The number of rotatable bonds is 5. The minimum Gasteiger partial charge on any atom is -0.439 e. The molecule has 0 fully saturated rings. The molecule has 0 bridgehead atoms. The number of pyridine rings is 1. The zero-order chi connectivity index (χ0) is 15.4. The summed E-state index contributed by atoms with van der Waals surface area (Å²) in [7, 11) is 1.90. The van der Waals surface area contributed by atoms with Crippen molar-refractivity contribution in [3.63, 3.8) is 0 Å². The number of nitrogens with zero attached hydrogens (tertiary/aromatic N) is 1. The topological polar surface area (TPSA) is 34.1 Å². The average Bonchev–Trinajstić information content (AvgIpc) is 2.43. The van der Waals surface area contributed by atoms with E-state index in [4.69, 9.17) is 4.74 Å². The van der Waals surface area contributed by atoms with Crippen LogP contribution in [0.5, 0.6) is 11.6 Å². The van der Waals surface area contributed by atoms with Crippen molar-refractivity contribution in [1.29, 1.82) is 0 Å². The van der Waals surface area contributed by atoms with Gasteiger partial charge in [0.15, 0.2) is 0 Å². The molecule has 0 atom stereocenters. The molecule has 1 aromatic heterocycles. The van der Waals surface area contributed by atoms with E-state index in [-0.39, 0.29) is 5.82 Å². The van der Waals surface area contributed by atoms with Gasteiger partial charge in [-0.15, -0.1) is 0 Å². The predicted octanol–water partition coefficient (Wildman–Crippen LogP) is 4.16. The van der Waals surface area contributed by atoms with Crippen LogP contribution in [0.25, 0.3) is 0 Å². The lowest BCUT2D eigenvalue weighted by Crippen LogP contribution is -2.07. The summed E-state index contributed by atoms with van der Waals surface area (Å²) < 4.78 is 19.1. The van der Waals surface area contributed by atoms with Crippen LogP contribution in [0, 0.1) is 12.7 Å². The quantitative estimate of drug-likeness (QED) is 0.897. The lowest BCUT2D eigenvalue weighted by Gasteiger charge is -2.13. The summed E-state index contributed by atoms with van der Waals surface area (Å²) in [6, 6.07) is 8.45. The van der Waals surface area contributed by atoms with E-state index in [1.807, 2.05) is 20.0 Å². The predicted molar refractivity (Wildman–Crippen MR) is 82.3 cm³/mol. The van der Waals surface area contributed by atoms with E-state index >= 15 is 0 Å². The van der Waals surface area contributed by atoms with Gasteiger partial charge < -0.3 is 10.1 Å². The van der Waals surface area contributed by atoms with Crippen LogP contribution in [0.15, 0.2) is 30.3 Å². The molecule has 1 aromatic carbocycles. The number of ether oxygens (including phenoxy) is 1. The molecule has 3 nitrogen and oxygen atoms in total. The van der Waals surface area contributed by atoms with Gasteiger partial charge in [-0.25, -0.2) is 9.37 Å². The Labute approximate surface area is 125 Å². The van der Waals surface area contributed by atoms with Gasteiger partial charge >= 0.3 is 0 Å². The van der Waals surface area contributed by atoms with Gasteiger partial charge in [-0.3, -0.25) is 0 Å². The van der Waals surface area contributed by atoms with Crippen LogP contribution in [-0.2, 0) is 6.54 Å². The molecular formula is C17H21FN2O. The molecule has 0 amide bonds. The third-order valence-electron chi connectivity index (χ3n) is 3.22. The fourth-order valence-electron chi connectivity index (χ4n) is 2.03. The first-order chi connectivity index (χ1) is 9.99. The minimum atomic E-state index is -0.314. The van der Waals surface area contributed by atoms with Gasteiger partial charge in [0, 0.05) is 24.4 Å². The largest absolute Gasteiger partial charge is 0.439 e. The molecule has 0 saturated heterocycles. The van der Waals surface area contributed by atoms with Crippen molar-refractivity contribution in [3.05, 3.63) is 53.0 Å². The van der Waals surface area contributed by atoms with Gasteiger partial charge in [0.1, 0.15) is 11.6 Å². The number of halogens is 1. The van der Waals surface area contributed by atoms with E-state index in [1.165, 1.54) is 12.1 Å². The molecule has 0 aliphatic carbocycles. The average molecular weight is 288 g/mol. The molecule has 0 spiro atoms. The summed E-state index contributed by atoms with van der Waals surface area (Å²) in [6.45, 7) is 6.79. The highest BCUT2D eigenvalue weighted by Crippen LogP contribution is 2.27. The van der Waals surface area contributed by atoms with Gasteiger partial charge in [-0.1, -0.05) is 19.9 Å². The molecule has 21 heavy (non-hydrogen) atoms. The van der Waals surface area contributed by atoms with Crippen molar-refractivity contribution in [2.75, 3.05) is 7.05 Å². The number of aryl methyl sites for hydroxylation is 1. The molecule has 4 heteroatoms. The summed E-state index contributed by atoms with van der Waals surface area (Å²) in [5.41, 5.74) is 2.94. The molecular weight excluding hydrogens is 267 g/mol. The first-order valence-electron chi connectivity index (χ1n) is 7.09. The number of nitrogens with one attached hydrogen (secondary N) is 1. The van der Waals surface area contributed by atoms with Crippen molar-refractivity contribution in [3.8, 4) is 11.6 Å². The van der Waals surface area contributed by atoms with Crippen LogP contribution in [0.4, 0.5) is 4.39 Å². The van der Waals surface area contributed by atoms with Crippen molar-refractivity contribution in [2.24, 2.45) is 0 Å². The van der Waals surface area contributed by atoms with E-state index in [9.17, 15) is 4.39 Å². The fraction of sp³-hybridized carbons (Fsp3) is 0.353. The Morgan fingerprint density at radius 3 is 2.67 bits per heavy atom. The summed E-state index contributed by atoms with van der Waals surface area (Å²) in [6.07, 6.45) is 0. The van der Waals surface area contributed by atoms with Gasteiger partial charge in [0.05, 0.1) is 0 Å². The van der Waals surface area contributed by atoms with Gasteiger partial charge in [0.25, 0.3) is 0 Å². The molecule has 1 N–H and O–H groups in total. The van der Waals surface area contributed by atoms with E-state index < -0.39 is 0 Å². The van der Waals surface area contributed by atoms with Crippen LogP contribution in [0.2, 0.25) is 0 Å². The van der Waals surface area contributed by atoms with E-state index in [0.29, 0.717) is 17.5 Å². The van der Waals surface area contributed by atoms with E-state index in [2.05, 4.69) is 30.2 Å². The second kappa shape index (κ2) is 6.68. The SMILES string of the molecule is CNCc1cc(Oc2cc(F)ccc2C)nc(C(C)C)c1. The highest BCUT2D eigenvalue weighted by atomic mass is 19.1. The Bertz CT molecular complexity index is 626. The molecule has 1 heterocycles. The zero-order valence-corrected chi connectivity index (χ0v) is 12.9. The highest BCUT2D eigenvalue weighted by Gasteiger charge is 2.09. The maximum Gasteiger partial charge on any atom is 0.219 e. The van der Waals surface area contributed by atoms with Gasteiger partial charge in [-0.2, -0.15) is 0 Å². The number of hydrogen-bond donors (Lipinski definition) is 1. The molecule has 0 saturated carbocycles. The minimum absolute atomic E-state index is 0.303. The first-order valence-corrected chi connectivity index (χ1v) is 7.09. The summed E-state index contributed by atoms with van der Waals surface area (Å²) in [4.78, 5) is 4.51. The lowest BCUT2D eigenvalue weighted by atomic mass is 10.1. The number of benzene rings is 1. The van der Waals surface area contributed by atoms with Crippen molar-refractivity contribution < 1.29 is 9.13 Å². The Kier molecular flexibility index (Phi) is 4.91. The lowest BCUT2D eigenvalue weighted by molar-refractivity contribution is 0.450. The van der Waals surface area contributed by atoms with E-state index in [0.717, 1.165) is 23.4 Å². The standard InChI is InChI=1S/C17H21FN2O/c1-11(2)15-7-13(10-19-4)8-17(20-15)21-16-9-14(18)6-5-12(16)3/h5-9,11,19H,10H2,1-4H3. The van der Waals surface area contributed by atoms with Crippen LogP contribution in [0.1, 0.15) is 36.6 Å². The highest BCUT2D eigenvalue weighted by molar-refractivity contribution is 5.37. The number of aromatic nitrogens is 1. The second-order valence-electron chi connectivity index (χ2n) is 5.44. The van der Waals surface area contributed by atoms with Crippen LogP contribution >= 0.6 is 0 Å². The third kappa shape index (κ3) is 4.02. The van der Waals surface area contributed by atoms with Gasteiger partial charge in [-0.05, 0) is 43.1 Å². The van der Waals surface area contributed by atoms with Crippen LogP contribution in [-0.4, -0.2) is 12.0 Å². The summed E-state index contributed by atoms with van der Waals surface area (Å²) in [5, 5.41) is 3.12. The van der Waals surface area contributed by atoms with Gasteiger partial charge in [0.2, 0.25) is 5.88 Å². The fourth-order valence-corrected chi connectivity index (χ4v) is 2.03. The first kappa shape index (κ1) is 15.4. The molecule has 0 aliphatic rings. The molecule has 0 aliphatic heterocycles. The third-order valence-corrected chi connectivity index (χ3v) is 3.22. The van der Waals surface area contributed by atoms with Crippen molar-refractivity contribution in [1.82, 2.24) is 10.3 Å². The smallest absolute Gasteiger partial charge is 0.219 e. The zero-order valence-electron chi connectivity index (χ0n) is 12.9. The Hall–Kier alpha value is -1.94. The summed E-state index contributed by atoms with van der Waals surface area (Å²) >= 11 is 0. The Balaban J connectivity index is 2.36. The molecule has 0 unspecified atom stereocenters. The molecule has 0 radical (unpaired) electrons. The Morgan fingerprint density at radius 1 is 1.24 bits per heavy atom. The maximum atomic E-state index is 13.3. The van der Waals surface area contributed by atoms with Crippen molar-refractivity contribution >= 4 is 0 Å². The van der Waals surface area contributed by atoms with Crippen LogP contribution < -0.4 is 10.1 Å². The normalized spacial score (nSPS) is 11.0. The number of hydrogen-bond acceptors (Lipinski definition) is 3. The Morgan fingerprint density at radius 2 is 2.00 bits per heavy atom. The molecule has 2 aromatic rings. The van der Waals surface area contributed by atoms with E-state index in [1.54, 1.807) is 6.07 Å². The van der Waals surface area contributed by atoms with Crippen molar-refractivity contribution in [2.45, 2.75) is 33.2 Å².